The minimum atomic E-state index is -0.590. The van der Waals surface area contributed by atoms with Crippen LogP contribution in [0, 0.1) is 10.1 Å². The van der Waals surface area contributed by atoms with Crippen LogP contribution < -0.4 is 16.6 Å². The summed E-state index contributed by atoms with van der Waals surface area (Å²) in [6.45, 7) is 0. The van der Waals surface area contributed by atoms with E-state index in [0.717, 1.165) is 4.47 Å². The highest BCUT2D eigenvalue weighted by Gasteiger charge is 2.16. The molecule has 0 aliphatic rings. The number of rotatable bonds is 4. The van der Waals surface area contributed by atoms with Crippen LogP contribution in [-0.2, 0) is 0 Å². The van der Waals surface area contributed by atoms with Gasteiger partial charge < -0.3 is 10.7 Å². The number of nitrogens with one attached hydrogen (secondary N) is 2. The second-order valence-corrected chi connectivity index (χ2v) is 4.86. The molecule has 0 radical (unpaired) electrons. The van der Waals surface area contributed by atoms with Crippen LogP contribution in [0.1, 0.15) is 10.4 Å². The molecule has 8 nitrogen and oxygen atoms in total. The maximum atomic E-state index is 12.0. The summed E-state index contributed by atoms with van der Waals surface area (Å²) < 4.78 is 0.783. The number of nitro benzene ring substituents is 1. The van der Waals surface area contributed by atoms with Crippen LogP contribution in [0.3, 0.4) is 0 Å². The molecule has 0 fully saturated rings. The number of hydrazine groups is 1. The summed E-state index contributed by atoms with van der Waals surface area (Å²) in [5.41, 5.74) is 2.26. The van der Waals surface area contributed by atoms with Crippen LogP contribution >= 0.6 is 15.9 Å². The highest BCUT2D eigenvalue weighted by atomic mass is 79.9. The molecule has 9 heteroatoms. The van der Waals surface area contributed by atoms with E-state index in [-0.39, 0.29) is 16.9 Å². The predicted octanol–water partition coefficient (Wildman–Crippen LogP) is 2.29. The summed E-state index contributed by atoms with van der Waals surface area (Å²) in [6, 6.07) is 7.19. The number of nitrogen functional groups attached to an aromatic ring is 1. The number of nitro groups is 1. The molecule has 1 heterocycles. The first kappa shape index (κ1) is 14.9. The van der Waals surface area contributed by atoms with Crippen molar-refractivity contribution in [2.24, 2.45) is 5.84 Å². The molecule has 1 aromatic carbocycles. The fourth-order valence-corrected chi connectivity index (χ4v) is 1.82. The van der Waals surface area contributed by atoms with Gasteiger partial charge in [0.25, 0.3) is 11.6 Å². The highest BCUT2D eigenvalue weighted by molar-refractivity contribution is 9.10. The van der Waals surface area contributed by atoms with Gasteiger partial charge in [0, 0.05) is 22.3 Å². The van der Waals surface area contributed by atoms with Crippen molar-refractivity contribution in [3.05, 3.63) is 56.7 Å². The topological polar surface area (TPSA) is 123 Å². The average molecular weight is 352 g/mol. The molecule has 2 aromatic rings. The van der Waals surface area contributed by atoms with Crippen molar-refractivity contribution < 1.29 is 9.72 Å². The Balaban J connectivity index is 2.23. The third-order valence-corrected chi connectivity index (χ3v) is 3.05. The van der Waals surface area contributed by atoms with E-state index in [4.69, 9.17) is 5.84 Å². The van der Waals surface area contributed by atoms with Crippen molar-refractivity contribution in [3.63, 3.8) is 0 Å². The summed E-state index contributed by atoms with van der Waals surface area (Å²) in [7, 11) is 0. The van der Waals surface area contributed by atoms with Crippen LogP contribution in [0.25, 0.3) is 0 Å². The van der Waals surface area contributed by atoms with Crippen molar-refractivity contribution >= 4 is 39.0 Å². The number of aromatic nitrogens is 1. The molecule has 0 aliphatic heterocycles. The summed E-state index contributed by atoms with van der Waals surface area (Å²) in [5, 5.41) is 13.4. The van der Waals surface area contributed by atoms with Crippen LogP contribution in [-0.4, -0.2) is 15.8 Å². The number of nitrogens with two attached hydrogens (primary N) is 1. The Kier molecular flexibility index (Phi) is 4.45. The van der Waals surface area contributed by atoms with Crippen LogP contribution in [0.15, 0.2) is 41.0 Å². The second kappa shape index (κ2) is 6.29. The molecule has 1 aromatic heterocycles. The van der Waals surface area contributed by atoms with Crippen LogP contribution in [0.5, 0.6) is 0 Å². The van der Waals surface area contributed by atoms with E-state index in [1.807, 2.05) is 0 Å². The number of pyridine rings is 1. The summed E-state index contributed by atoms with van der Waals surface area (Å²) in [4.78, 5) is 26.2. The number of benzene rings is 1. The van der Waals surface area contributed by atoms with Crippen molar-refractivity contribution in [2.45, 2.75) is 0 Å². The van der Waals surface area contributed by atoms with E-state index >= 15 is 0 Å². The Labute approximate surface area is 127 Å². The van der Waals surface area contributed by atoms with Gasteiger partial charge in [-0.25, -0.2) is 4.98 Å². The maximum Gasteiger partial charge on any atom is 0.293 e. The normalized spacial score (nSPS) is 10.0. The van der Waals surface area contributed by atoms with Gasteiger partial charge >= 0.3 is 0 Å². The second-order valence-electron chi connectivity index (χ2n) is 3.95. The average Bonchev–Trinajstić information content (AvgIpc) is 2.48. The highest BCUT2D eigenvalue weighted by Crippen LogP contribution is 2.24. The van der Waals surface area contributed by atoms with Crippen molar-refractivity contribution in [1.29, 1.82) is 0 Å². The smallest absolute Gasteiger partial charge is 0.293 e. The van der Waals surface area contributed by atoms with Gasteiger partial charge in [0.15, 0.2) is 0 Å². The van der Waals surface area contributed by atoms with Gasteiger partial charge in [-0.2, -0.15) is 0 Å². The Hall–Kier alpha value is -2.52. The van der Waals surface area contributed by atoms with Crippen LogP contribution in [0.2, 0.25) is 0 Å². The van der Waals surface area contributed by atoms with Gasteiger partial charge in [0.2, 0.25) is 0 Å². The van der Waals surface area contributed by atoms with E-state index < -0.39 is 10.8 Å². The molecule has 0 saturated heterocycles. The zero-order valence-electron chi connectivity index (χ0n) is 10.5. The van der Waals surface area contributed by atoms with Gasteiger partial charge in [-0.15, -0.1) is 0 Å². The lowest BCUT2D eigenvalue weighted by molar-refractivity contribution is -0.384. The Bertz CT molecular complexity index is 690. The molecule has 0 bridgehead atoms. The van der Waals surface area contributed by atoms with Gasteiger partial charge in [0.05, 0.1) is 4.92 Å². The summed E-state index contributed by atoms with van der Waals surface area (Å²) in [5.74, 6) is 5.14. The quantitative estimate of drug-likeness (QED) is 0.441. The van der Waals surface area contributed by atoms with Crippen LogP contribution in [0.4, 0.5) is 17.2 Å². The molecule has 0 spiro atoms. The van der Waals surface area contributed by atoms with E-state index in [2.05, 4.69) is 31.7 Å². The third-order valence-electron chi connectivity index (χ3n) is 2.58. The minimum absolute atomic E-state index is 0.0522. The molecule has 21 heavy (non-hydrogen) atoms. The number of hydrogen-bond acceptors (Lipinski definition) is 6. The number of carbonyl (C=O) groups is 1. The van der Waals surface area contributed by atoms with E-state index in [1.54, 1.807) is 12.1 Å². The predicted molar refractivity (Wildman–Crippen MR) is 80.8 cm³/mol. The molecule has 4 N–H and O–H groups in total. The van der Waals surface area contributed by atoms with Gasteiger partial charge in [-0.05, 0) is 40.2 Å². The van der Waals surface area contributed by atoms with E-state index in [1.165, 1.54) is 24.4 Å². The number of nitrogens with zero attached hydrogens (tertiary/aromatic N) is 2. The van der Waals surface area contributed by atoms with E-state index in [9.17, 15) is 14.9 Å². The summed E-state index contributed by atoms with van der Waals surface area (Å²) >= 11 is 3.24. The number of amides is 1. The standard InChI is InChI=1S/C12H10BrN5O3/c13-8-2-4-11(15-6-8)16-12(19)7-1-3-10(18(20)21)9(5-7)17-14/h1-6,17H,14H2,(H,15,16,19). The number of halogens is 1. The Morgan fingerprint density at radius 1 is 1.33 bits per heavy atom. The Morgan fingerprint density at radius 3 is 2.67 bits per heavy atom. The fourth-order valence-electron chi connectivity index (χ4n) is 1.59. The monoisotopic (exact) mass is 351 g/mol. The number of carbonyl (C=O) groups excluding carboxylic acids is 1. The molecule has 108 valence electrons. The lowest BCUT2D eigenvalue weighted by Crippen LogP contribution is -2.15. The molecule has 0 atom stereocenters. The lowest BCUT2D eigenvalue weighted by atomic mass is 10.1. The maximum absolute atomic E-state index is 12.0. The zero-order chi connectivity index (χ0) is 15.4. The molecular formula is C12H10BrN5O3. The first-order valence-corrected chi connectivity index (χ1v) is 6.48. The summed E-state index contributed by atoms with van der Waals surface area (Å²) in [6.07, 6.45) is 1.54. The fraction of sp³-hybridized carbons (Fsp3) is 0. The number of anilines is 2. The van der Waals surface area contributed by atoms with Gasteiger partial charge in [0.1, 0.15) is 11.5 Å². The largest absolute Gasteiger partial charge is 0.318 e. The van der Waals surface area contributed by atoms with E-state index in [0.29, 0.717) is 5.82 Å². The molecule has 1 amide bonds. The molecular weight excluding hydrogens is 342 g/mol. The molecule has 0 unspecified atom stereocenters. The lowest BCUT2D eigenvalue weighted by Gasteiger charge is -2.07. The molecule has 2 rings (SSSR count). The minimum Gasteiger partial charge on any atom is -0.318 e. The van der Waals surface area contributed by atoms with Crippen molar-refractivity contribution in [1.82, 2.24) is 4.98 Å². The van der Waals surface area contributed by atoms with Gasteiger partial charge in [-0.1, -0.05) is 0 Å². The first-order chi connectivity index (χ1) is 10.0. The van der Waals surface area contributed by atoms with Gasteiger partial charge in [-0.3, -0.25) is 20.8 Å². The van der Waals surface area contributed by atoms with Crippen molar-refractivity contribution in [3.8, 4) is 0 Å². The van der Waals surface area contributed by atoms with Crippen molar-refractivity contribution in [2.75, 3.05) is 10.7 Å². The third kappa shape index (κ3) is 3.52. The first-order valence-electron chi connectivity index (χ1n) is 5.69. The Morgan fingerprint density at radius 2 is 2.10 bits per heavy atom. The molecule has 0 aliphatic carbocycles. The zero-order valence-corrected chi connectivity index (χ0v) is 12.1. The molecule has 0 saturated carbocycles. The number of hydrogen-bond donors (Lipinski definition) is 3. The SMILES string of the molecule is NNc1cc(C(=O)Nc2ccc(Br)cn2)ccc1[N+](=O)[O-].